The Morgan fingerprint density at radius 3 is 1.85 bits per heavy atom. The lowest BCUT2D eigenvalue weighted by Gasteiger charge is -2.27. The quantitative estimate of drug-likeness (QED) is 0.175. The smallest absolute Gasteiger partial charge is 0.143 e. The van der Waals surface area contributed by atoms with Crippen LogP contribution in [0.25, 0.3) is 76.9 Å². The summed E-state index contributed by atoms with van der Waals surface area (Å²) in [6.07, 6.45) is 0. The van der Waals surface area contributed by atoms with Gasteiger partial charge < -0.3 is 9.32 Å². The van der Waals surface area contributed by atoms with Crippen molar-refractivity contribution in [1.29, 1.82) is 0 Å². The average molecular weight is 668 g/mol. The number of nitrogens with zero attached hydrogens (tertiary/aromatic N) is 1. The van der Waals surface area contributed by atoms with Gasteiger partial charge in [-0.3, -0.25) is 0 Å². The molecule has 1 heterocycles. The van der Waals surface area contributed by atoms with E-state index in [1.54, 1.807) is 0 Å². The third kappa shape index (κ3) is 5.12. The van der Waals surface area contributed by atoms with Crippen molar-refractivity contribution in [1.82, 2.24) is 0 Å². The molecule has 0 aliphatic heterocycles. The molecule has 2 heteroatoms. The van der Waals surface area contributed by atoms with Gasteiger partial charge in [0.05, 0.1) is 16.6 Å². The number of benzene rings is 9. The number of hydrogen-bond acceptors (Lipinski definition) is 2. The molecule has 0 bridgehead atoms. The summed E-state index contributed by atoms with van der Waals surface area (Å²) in [6, 6.07) is 57.9. The number of furan rings is 1. The summed E-state index contributed by atoms with van der Waals surface area (Å²) in [5.74, 6) is 0. The third-order valence-electron chi connectivity index (χ3n) is 9.93. The van der Waals surface area contributed by atoms with Crippen LogP contribution in [0.5, 0.6) is 0 Å². The van der Waals surface area contributed by atoms with Crippen molar-refractivity contribution >= 4 is 60.5 Å². The van der Waals surface area contributed by atoms with Gasteiger partial charge in [0.1, 0.15) is 11.2 Å². The molecule has 0 aliphatic carbocycles. The molecule has 9 aromatic carbocycles. The van der Waals surface area contributed by atoms with E-state index in [2.05, 4.69) is 66.7 Å². The molecule has 0 unspecified atom stereocenters. The summed E-state index contributed by atoms with van der Waals surface area (Å²) >= 11 is 0. The van der Waals surface area contributed by atoms with E-state index in [4.69, 9.17) is 4.42 Å². The predicted octanol–water partition coefficient (Wildman–Crippen LogP) is 14.4. The van der Waals surface area contributed by atoms with Gasteiger partial charge in [-0.1, -0.05) is 152 Å². The summed E-state index contributed by atoms with van der Waals surface area (Å²) in [5, 5.41) is 6.07. The van der Waals surface area contributed by atoms with Crippen molar-refractivity contribution < 1.29 is 9.90 Å². The Labute approximate surface area is 308 Å². The molecular weight excluding hydrogens is 631 g/mol. The maximum absolute atomic E-state index is 9.62. The van der Waals surface area contributed by atoms with Crippen LogP contribution < -0.4 is 4.90 Å². The molecule has 0 fully saturated rings. The number of anilines is 3. The van der Waals surface area contributed by atoms with Gasteiger partial charge in [-0.15, -0.1) is 0 Å². The van der Waals surface area contributed by atoms with E-state index in [0.717, 1.165) is 60.2 Å². The molecule has 10 aromatic rings. The zero-order valence-corrected chi connectivity index (χ0v) is 28.1. The topological polar surface area (TPSA) is 16.4 Å². The van der Waals surface area contributed by atoms with E-state index in [1.807, 2.05) is 114 Å². The fourth-order valence-corrected chi connectivity index (χ4v) is 7.42. The normalized spacial score (nSPS) is 12.5. The predicted molar refractivity (Wildman–Crippen MR) is 220 cm³/mol. The van der Waals surface area contributed by atoms with Crippen molar-refractivity contribution in [3.05, 3.63) is 200 Å². The fourth-order valence-electron chi connectivity index (χ4n) is 7.42. The average Bonchev–Trinajstić information content (AvgIpc) is 3.65. The summed E-state index contributed by atoms with van der Waals surface area (Å²) in [7, 11) is 0. The van der Waals surface area contributed by atoms with Crippen molar-refractivity contribution in [3.8, 4) is 33.4 Å². The van der Waals surface area contributed by atoms with Crippen molar-refractivity contribution in [2.75, 3.05) is 4.90 Å². The number of rotatable bonds is 6. The molecule has 10 rings (SSSR count). The van der Waals surface area contributed by atoms with Crippen LogP contribution in [-0.4, -0.2) is 0 Å². The van der Waals surface area contributed by atoms with E-state index < -0.39 is 0 Å². The third-order valence-corrected chi connectivity index (χ3v) is 9.93. The van der Waals surface area contributed by atoms with Crippen molar-refractivity contribution in [2.45, 2.75) is 0 Å². The molecule has 0 radical (unpaired) electrons. The van der Waals surface area contributed by atoms with E-state index >= 15 is 0 Å². The van der Waals surface area contributed by atoms with Gasteiger partial charge >= 0.3 is 0 Å². The van der Waals surface area contributed by atoms with Crippen LogP contribution in [-0.2, 0) is 0 Å². The summed E-state index contributed by atoms with van der Waals surface area (Å²) in [6.45, 7) is 0. The fraction of sp³-hybridized carbons (Fsp3) is 0. The monoisotopic (exact) mass is 667 g/mol. The lowest BCUT2D eigenvalue weighted by atomic mass is 9.97. The lowest BCUT2D eigenvalue weighted by molar-refractivity contribution is 0.672. The van der Waals surface area contributed by atoms with Gasteiger partial charge in [0.25, 0.3) is 0 Å². The minimum Gasteiger partial charge on any atom is -0.455 e. The van der Waals surface area contributed by atoms with Gasteiger partial charge in [0, 0.05) is 22.1 Å². The Morgan fingerprint density at radius 1 is 0.404 bits per heavy atom. The Bertz CT molecular complexity index is 3100. The molecule has 52 heavy (non-hydrogen) atoms. The Balaban J connectivity index is 1.21. The minimum atomic E-state index is -0.139. The van der Waals surface area contributed by atoms with Gasteiger partial charge in [-0.25, -0.2) is 0 Å². The highest BCUT2D eigenvalue weighted by Gasteiger charge is 2.20. The summed E-state index contributed by atoms with van der Waals surface area (Å²) < 4.78 is 44.7. The molecular formula is C50H33NO. The molecule has 0 atom stereocenters. The molecule has 0 amide bonds. The van der Waals surface area contributed by atoms with Crippen molar-refractivity contribution in [2.24, 2.45) is 0 Å². The molecule has 2 nitrogen and oxygen atoms in total. The second-order valence-electron chi connectivity index (χ2n) is 13.0. The zero-order valence-electron chi connectivity index (χ0n) is 32.1. The first-order chi connectivity index (χ1) is 27.5. The maximum atomic E-state index is 9.62. The summed E-state index contributed by atoms with van der Waals surface area (Å²) in [4.78, 5) is 1.87. The van der Waals surface area contributed by atoms with Crippen molar-refractivity contribution in [3.63, 3.8) is 0 Å². The highest BCUT2D eigenvalue weighted by molar-refractivity contribution is 6.19. The number of hydrogen-bond donors (Lipinski definition) is 0. The first kappa shape index (κ1) is 26.0. The second-order valence-corrected chi connectivity index (χ2v) is 13.0. The van der Waals surface area contributed by atoms with E-state index in [-0.39, 0.29) is 35.4 Å². The Hall–Kier alpha value is -6.90. The molecule has 0 N–H and O–H groups in total. The molecule has 0 aliphatic rings. The van der Waals surface area contributed by atoms with E-state index in [0.29, 0.717) is 22.5 Å². The highest BCUT2D eigenvalue weighted by Crippen LogP contribution is 2.45. The van der Waals surface area contributed by atoms with Crippen LogP contribution in [0.2, 0.25) is 0 Å². The molecule has 0 saturated heterocycles. The van der Waals surface area contributed by atoms with Crippen LogP contribution >= 0.6 is 0 Å². The molecule has 0 saturated carbocycles. The molecule has 244 valence electrons. The Kier molecular flexibility index (Phi) is 6.22. The first-order valence-electron chi connectivity index (χ1n) is 19.4. The van der Waals surface area contributed by atoms with Crippen LogP contribution in [0.3, 0.4) is 0 Å². The summed E-state index contributed by atoms with van der Waals surface area (Å²) in [5.41, 5.74) is 7.90. The lowest BCUT2D eigenvalue weighted by Crippen LogP contribution is -2.10. The van der Waals surface area contributed by atoms with E-state index in [1.165, 1.54) is 0 Å². The van der Waals surface area contributed by atoms with E-state index in [9.17, 15) is 5.48 Å². The van der Waals surface area contributed by atoms with Gasteiger partial charge in [-0.05, 0) is 98.0 Å². The minimum absolute atomic E-state index is 0.112. The number of fused-ring (bicyclic) bond motifs is 6. The first-order valence-corrected chi connectivity index (χ1v) is 17.4. The van der Waals surface area contributed by atoms with Crippen LogP contribution in [0.15, 0.2) is 205 Å². The largest absolute Gasteiger partial charge is 0.455 e. The van der Waals surface area contributed by atoms with Gasteiger partial charge in [-0.2, -0.15) is 0 Å². The van der Waals surface area contributed by atoms with Gasteiger partial charge in [0.15, 0.2) is 0 Å². The molecule has 0 spiro atoms. The van der Waals surface area contributed by atoms with Crippen LogP contribution in [0.4, 0.5) is 17.1 Å². The maximum Gasteiger partial charge on any atom is 0.143 e. The highest BCUT2D eigenvalue weighted by atomic mass is 16.3. The zero-order chi connectivity index (χ0) is 37.9. The SMILES string of the molecule is [2H]c1c([2H])c(N(c2ccc(-c3cccc4ccccc34)cc2)c2cccc3oc4c5ccccc5ccc4c23)c([2H])c([2H])c1-c1cccc(-c2ccccc2)c1. The van der Waals surface area contributed by atoms with Crippen LogP contribution in [0, 0.1) is 0 Å². The van der Waals surface area contributed by atoms with Crippen LogP contribution in [0.1, 0.15) is 5.48 Å². The van der Waals surface area contributed by atoms with Gasteiger partial charge in [0.2, 0.25) is 0 Å². The molecule has 1 aromatic heterocycles. The Morgan fingerprint density at radius 2 is 1.04 bits per heavy atom. The second kappa shape index (κ2) is 12.5. The standard InChI is InChI=1S/C50H33NO/c1-2-11-34(12-3-1)39-16-8-17-40(33-39)35-23-28-41(29-24-35)51(42-30-25-38(26-31-42)44-20-9-15-36-13-4-6-18-43(36)44)47-21-10-22-48-49(47)46-32-27-37-14-5-7-19-45(37)50(46)52-48/h1-33H/i23D,24D,28D,29D.